The fourth-order valence-corrected chi connectivity index (χ4v) is 4.61. The average Bonchev–Trinajstić information content (AvgIpc) is 2.63. The molecule has 4 saturated heterocycles. The van der Waals surface area contributed by atoms with Gasteiger partial charge in [0.2, 0.25) is 5.79 Å². The molecule has 8 atom stereocenters. The molecule has 2 bridgehead atoms. The lowest BCUT2D eigenvalue weighted by Gasteiger charge is -2.59. The van der Waals surface area contributed by atoms with E-state index in [1.54, 1.807) is 0 Å². The number of hydrogen-bond donors (Lipinski definition) is 2. The maximum absolute atomic E-state index is 10.3. The van der Waals surface area contributed by atoms with Crippen molar-refractivity contribution in [1.29, 1.82) is 0 Å². The van der Waals surface area contributed by atoms with Crippen LogP contribution < -0.4 is 0 Å². The summed E-state index contributed by atoms with van der Waals surface area (Å²) in [5.41, 5.74) is -0.799. The quantitative estimate of drug-likeness (QED) is 0.645. The first-order valence-electron chi connectivity index (χ1n) is 7.52. The van der Waals surface area contributed by atoms with E-state index in [2.05, 4.69) is 6.92 Å². The van der Waals surface area contributed by atoms with Crippen LogP contribution in [0.15, 0.2) is 0 Å². The molecule has 5 fully saturated rings. The van der Waals surface area contributed by atoms with E-state index in [1.165, 1.54) is 0 Å². The summed E-state index contributed by atoms with van der Waals surface area (Å²) in [6.45, 7) is 4.03. The lowest BCUT2D eigenvalue weighted by atomic mass is 9.60. The second kappa shape index (κ2) is 4.15. The number of aliphatic hydroxyl groups excluding tert-OH is 2. The van der Waals surface area contributed by atoms with Gasteiger partial charge in [0, 0.05) is 12.3 Å². The van der Waals surface area contributed by atoms with Crippen LogP contribution in [0.5, 0.6) is 0 Å². The molecule has 2 N–H and O–H groups in total. The molecule has 4 heterocycles. The minimum atomic E-state index is -1.23. The minimum absolute atomic E-state index is 0.206. The minimum Gasteiger partial charge on any atom is -0.387 e. The highest BCUT2D eigenvalue weighted by Gasteiger charge is 2.69. The molecule has 114 valence electrons. The topological polar surface area (TPSA) is 77.4 Å². The summed E-state index contributed by atoms with van der Waals surface area (Å²) in [5, 5.41) is 20.3. The second-order valence-electron chi connectivity index (χ2n) is 6.93. The number of aliphatic hydroxyl groups is 2. The van der Waals surface area contributed by atoms with Crippen LogP contribution in [0, 0.1) is 17.8 Å². The number of ether oxygens (including phenoxy) is 2. The van der Waals surface area contributed by atoms with Crippen molar-refractivity contribution in [3.05, 3.63) is 0 Å². The van der Waals surface area contributed by atoms with Crippen molar-refractivity contribution in [2.45, 2.75) is 69.6 Å². The fourth-order valence-electron chi connectivity index (χ4n) is 4.61. The molecule has 0 aromatic rings. The fraction of sp³-hybridized carbons (Fsp3) is 1.00. The molecule has 0 amide bonds. The predicted molar refractivity (Wildman–Crippen MR) is 65.9 cm³/mol. The zero-order valence-corrected chi connectivity index (χ0v) is 11.8. The Labute approximate surface area is 117 Å². The van der Waals surface area contributed by atoms with E-state index in [1.807, 2.05) is 6.92 Å². The van der Waals surface area contributed by atoms with E-state index in [4.69, 9.17) is 19.2 Å². The Bertz CT molecular complexity index is 412. The summed E-state index contributed by atoms with van der Waals surface area (Å²) in [5.74, 6) is -0.398. The molecule has 1 aliphatic carbocycles. The summed E-state index contributed by atoms with van der Waals surface area (Å²) in [4.78, 5) is 11.4. The van der Waals surface area contributed by atoms with Crippen LogP contribution in [0.2, 0.25) is 0 Å². The number of fused-ring (bicyclic) bond motifs is 2. The van der Waals surface area contributed by atoms with Gasteiger partial charge in [-0.3, -0.25) is 0 Å². The van der Waals surface area contributed by atoms with Gasteiger partial charge in [0.15, 0.2) is 18.2 Å². The van der Waals surface area contributed by atoms with E-state index in [0.717, 1.165) is 25.7 Å². The molecule has 20 heavy (non-hydrogen) atoms. The Hall–Kier alpha value is -0.240. The van der Waals surface area contributed by atoms with Crippen molar-refractivity contribution in [3.8, 4) is 0 Å². The van der Waals surface area contributed by atoms with E-state index >= 15 is 0 Å². The van der Waals surface area contributed by atoms with E-state index in [-0.39, 0.29) is 11.8 Å². The molecule has 1 saturated carbocycles. The van der Waals surface area contributed by atoms with Gasteiger partial charge >= 0.3 is 0 Å². The van der Waals surface area contributed by atoms with Gasteiger partial charge in [-0.25, -0.2) is 9.78 Å². The Kier molecular flexibility index (Phi) is 2.79. The Morgan fingerprint density at radius 1 is 1.05 bits per heavy atom. The molecule has 1 spiro atoms. The van der Waals surface area contributed by atoms with Gasteiger partial charge in [0.1, 0.15) is 6.10 Å². The summed E-state index contributed by atoms with van der Waals surface area (Å²) in [7, 11) is 0. The molecular formula is C14H22O6. The van der Waals surface area contributed by atoms with Crippen molar-refractivity contribution >= 4 is 0 Å². The maximum Gasteiger partial charge on any atom is 0.201 e. The van der Waals surface area contributed by atoms with Crippen LogP contribution >= 0.6 is 0 Å². The summed E-state index contributed by atoms with van der Waals surface area (Å²) in [6.07, 6.45) is 0.554. The average molecular weight is 286 g/mol. The number of hydrogen-bond acceptors (Lipinski definition) is 6. The first-order chi connectivity index (χ1) is 9.46. The second-order valence-corrected chi connectivity index (χ2v) is 6.93. The third-order valence-electron chi connectivity index (χ3n) is 5.74. The van der Waals surface area contributed by atoms with Crippen molar-refractivity contribution in [2.24, 2.45) is 17.8 Å². The first kappa shape index (κ1) is 13.4. The summed E-state index contributed by atoms with van der Waals surface area (Å²) >= 11 is 0. The van der Waals surface area contributed by atoms with Gasteiger partial charge in [-0.1, -0.05) is 6.92 Å². The monoisotopic (exact) mass is 286 g/mol. The Morgan fingerprint density at radius 3 is 2.65 bits per heavy atom. The lowest BCUT2D eigenvalue weighted by molar-refractivity contribution is -0.577. The normalized spacial score (nSPS) is 61.8. The third kappa shape index (κ3) is 1.55. The van der Waals surface area contributed by atoms with Crippen LogP contribution in [-0.4, -0.2) is 40.3 Å². The molecule has 6 heteroatoms. The molecule has 6 nitrogen and oxygen atoms in total. The Morgan fingerprint density at radius 2 is 1.85 bits per heavy atom. The molecular weight excluding hydrogens is 264 g/mol. The SMILES string of the molecule is C[C@@H]1CCC2[C@H](O)[C@H](O)O[C@@H]3O[C@@]4(C)CCC1[C@@]23OO4. The highest BCUT2D eigenvalue weighted by Crippen LogP contribution is 2.59. The predicted octanol–water partition coefficient (Wildman–Crippen LogP) is 0.911. The zero-order valence-electron chi connectivity index (χ0n) is 11.8. The van der Waals surface area contributed by atoms with Crippen LogP contribution in [0.1, 0.15) is 39.5 Å². The van der Waals surface area contributed by atoms with Gasteiger partial charge in [0.25, 0.3) is 0 Å². The summed E-state index contributed by atoms with van der Waals surface area (Å²) < 4.78 is 11.5. The van der Waals surface area contributed by atoms with Gasteiger partial charge in [0.05, 0.1) is 0 Å². The molecule has 0 aromatic heterocycles. The maximum atomic E-state index is 10.3. The molecule has 0 aromatic carbocycles. The highest BCUT2D eigenvalue weighted by atomic mass is 17.3. The molecule has 2 unspecified atom stereocenters. The van der Waals surface area contributed by atoms with Crippen LogP contribution in [0.25, 0.3) is 0 Å². The molecule has 5 aliphatic rings. The van der Waals surface area contributed by atoms with Crippen molar-refractivity contribution in [2.75, 3.05) is 0 Å². The number of rotatable bonds is 0. The van der Waals surface area contributed by atoms with Gasteiger partial charge < -0.3 is 19.7 Å². The van der Waals surface area contributed by atoms with Crippen LogP contribution in [-0.2, 0) is 19.2 Å². The zero-order chi connectivity index (χ0) is 14.1. The summed E-state index contributed by atoms with van der Waals surface area (Å²) in [6, 6.07) is 0. The molecule has 0 radical (unpaired) electrons. The smallest absolute Gasteiger partial charge is 0.201 e. The standard InChI is InChI=1S/C14H22O6/c1-7-3-4-9-10(15)11(16)17-12-14(9)8(7)5-6-13(2,18-12)19-20-14/h7-12,15-16H,3-6H2,1-2H3/t7-,8?,9?,10+,11-,12-,13-,14-/m1/s1. The lowest BCUT2D eigenvalue weighted by Crippen LogP contribution is -2.72. The highest BCUT2D eigenvalue weighted by molar-refractivity contribution is 5.09. The van der Waals surface area contributed by atoms with Gasteiger partial charge in [-0.15, -0.1) is 0 Å². The molecule has 4 aliphatic heterocycles. The molecule has 5 rings (SSSR count). The van der Waals surface area contributed by atoms with E-state index in [0.29, 0.717) is 5.92 Å². The van der Waals surface area contributed by atoms with Crippen molar-refractivity contribution < 1.29 is 29.5 Å². The Balaban J connectivity index is 1.82. The van der Waals surface area contributed by atoms with E-state index in [9.17, 15) is 10.2 Å². The van der Waals surface area contributed by atoms with Crippen LogP contribution in [0.3, 0.4) is 0 Å². The van der Waals surface area contributed by atoms with Gasteiger partial charge in [-0.05, 0) is 38.0 Å². The van der Waals surface area contributed by atoms with Crippen LogP contribution in [0.4, 0.5) is 0 Å². The largest absolute Gasteiger partial charge is 0.387 e. The third-order valence-corrected chi connectivity index (χ3v) is 5.74. The van der Waals surface area contributed by atoms with Crippen molar-refractivity contribution in [1.82, 2.24) is 0 Å². The van der Waals surface area contributed by atoms with Gasteiger partial charge in [-0.2, -0.15) is 0 Å². The van der Waals surface area contributed by atoms with E-state index < -0.39 is 30.1 Å². The van der Waals surface area contributed by atoms with Crippen molar-refractivity contribution in [3.63, 3.8) is 0 Å². The first-order valence-corrected chi connectivity index (χ1v) is 7.52.